The molecule has 78 valence electrons. The number of rotatable bonds is 5. The summed E-state index contributed by atoms with van der Waals surface area (Å²) in [4.78, 5) is 0. The zero-order valence-electron chi connectivity index (χ0n) is 8.80. The van der Waals surface area contributed by atoms with Crippen LogP contribution in [0.4, 0.5) is 0 Å². The van der Waals surface area contributed by atoms with E-state index in [0.29, 0.717) is 6.54 Å². The Morgan fingerprint density at radius 2 is 2.00 bits per heavy atom. The van der Waals surface area contributed by atoms with Gasteiger partial charge in [0.15, 0.2) is 0 Å². The van der Waals surface area contributed by atoms with Gasteiger partial charge in [-0.2, -0.15) is 0 Å². The smallest absolute Gasteiger partial charge is 0.0766 e. The molecule has 13 heavy (non-hydrogen) atoms. The van der Waals surface area contributed by atoms with Crippen molar-refractivity contribution in [3.8, 4) is 0 Å². The average molecular weight is 187 g/mol. The molecule has 1 saturated carbocycles. The van der Waals surface area contributed by atoms with E-state index in [1.165, 1.54) is 0 Å². The van der Waals surface area contributed by atoms with Crippen LogP contribution >= 0.6 is 0 Å². The molecule has 0 saturated heterocycles. The maximum atomic E-state index is 9.93. The van der Waals surface area contributed by atoms with Gasteiger partial charge in [-0.15, -0.1) is 0 Å². The fraction of sp³-hybridized carbons (Fsp3) is 1.00. The summed E-state index contributed by atoms with van der Waals surface area (Å²) in [6, 6.07) is 0. The molecule has 1 atom stereocenters. The highest BCUT2D eigenvalue weighted by Gasteiger charge is 2.43. The summed E-state index contributed by atoms with van der Waals surface area (Å²) in [7, 11) is 0. The predicted molar refractivity (Wildman–Crippen MR) is 52.5 cm³/mol. The molecule has 0 amide bonds. The maximum absolute atomic E-state index is 9.93. The van der Waals surface area contributed by atoms with Crippen LogP contribution < -0.4 is 5.32 Å². The van der Waals surface area contributed by atoms with Crippen LogP contribution in [0.1, 0.15) is 33.6 Å². The minimum atomic E-state index is -0.676. The largest absolute Gasteiger partial charge is 0.394 e. The zero-order valence-corrected chi connectivity index (χ0v) is 8.80. The fourth-order valence-electron chi connectivity index (χ4n) is 1.11. The Morgan fingerprint density at radius 3 is 2.31 bits per heavy atom. The van der Waals surface area contributed by atoms with Crippen LogP contribution in [0.5, 0.6) is 0 Å². The Labute approximate surface area is 80.2 Å². The first-order chi connectivity index (χ1) is 5.92. The molecule has 1 aliphatic rings. The second-order valence-electron chi connectivity index (χ2n) is 4.80. The predicted octanol–water partition coefficient (Wildman–Crippen LogP) is 0.508. The topological polar surface area (TPSA) is 52.5 Å². The number of nitrogens with one attached hydrogen (secondary N) is 1. The molecule has 0 aliphatic heterocycles. The minimum Gasteiger partial charge on any atom is -0.394 e. The number of β-amino-alcohol motifs (C(OH)–C–C–N with tert-alkyl or cyclic N) is 1. The SMILES string of the molecule is CC(C)C(C)(O)CNC1(CO)CC1. The van der Waals surface area contributed by atoms with Gasteiger partial charge in [-0.05, 0) is 25.7 Å². The molecule has 3 N–H and O–H groups in total. The molecular formula is C10H21NO2. The van der Waals surface area contributed by atoms with Gasteiger partial charge in [-0.3, -0.25) is 0 Å². The molecule has 0 heterocycles. The average Bonchev–Trinajstić information content (AvgIpc) is 2.81. The van der Waals surface area contributed by atoms with Crippen molar-refractivity contribution >= 4 is 0 Å². The van der Waals surface area contributed by atoms with Crippen LogP contribution in [0.25, 0.3) is 0 Å². The van der Waals surface area contributed by atoms with Gasteiger partial charge in [0.05, 0.1) is 12.2 Å². The summed E-state index contributed by atoms with van der Waals surface area (Å²) in [5, 5.41) is 22.2. The second-order valence-corrected chi connectivity index (χ2v) is 4.80. The summed E-state index contributed by atoms with van der Waals surface area (Å²) in [6.07, 6.45) is 2.05. The van der Waals surface area contributed by atoms with Gasteiger partial charge < -0.3 is 15.5 Å². The van der Waals surface area contributed by atoms with Gasteiger partial charge in [-0.25, -0.2) is 0 Å². The monoisotopic (exact) mass is 187 g/mol. The molecule has 1 fully saturated rings. The van der Waals surface area contributed by atoms with Crippen LogP contribution in [0.3, 0.4) is 0 Å². The number of aliphatic hydroxyl groups is 2. The summed E-state index contributed by atoms with van der Waals surface area (Å²) >= 11 is 0. The summed E-state index contributed by atoms with van der Waals surface area (Å²) in [6.45, 7) is 6.57. The summed E-state index contributed by atoms with van der Waals surface area (Å²) < 4.78 is 0. The molecule has 0 spiro atoms. The Hall–Kier alpha value is -0.120. The van der Waals surface area contributed by atoms with E-state index < -0.39 is 5.60 Å². The third-order valence-electron chi connectivity index (χ3n) is 3.22. The first kappa shape index (κ1) is 11.0. The van der Waals surface area contributed by atoms with E-state index in [9.17, 15) is 5.11 Å². The molecule has 1 rings (SSSR count). The fourth-order valence-corrected chi connectivity index (χ4v) is 1.11. The lowest BCUT2D eigenvalue weighted by molar-refractivity contribution is 0.00879. The molecule has 3 heteroatoms. The highest BCUT2D eigenvalue weighted by molar-refractivity contribution is 5.02. The molecule has 0 aromatic rings. The van der Waals surface area contributed by atoms with Crippen LogP contribution in [0.15, 0.2) is 0 Å². The minimum absolute atomic E-state index is 0.0706. The molecule has 1 unspecified atom stereocenters. The lowest BCUT2D eigenvalue weighted by Gasteiger charge is -2.30. The summed E-state index contributed by atoms with van der Waals surface area (Å²) in [5.41, 5.74) is -0.746. The second kappa shape index (κ2) is 3.56. The first-order valence-corrected chi connectivity index (χ1v) is 5.00. The van der Waals surface area contributed by atoms with E-state index in [1.807, 2.05) is 20.8 Å². The maximum Gasteiger partial charge on any atom is 0.0766 e. The zero-order chi connectivity index (χ0) is 10.1. The van der Waals surface area contributed by atoms with Gasteiger partial charge in [0.2, 0.25) is 0 Å². The van der Waals surface area contributed by atoms with E-state index >= 15 is 0 Å². The lowest BCUT2D eigenvalue weighted by atomic mass is 9.92. The van der Waals surface area contributed by atoms with Gasteiger partial charge in [0.1, 0.15) is 0 Å². The normalized spacial score (nSPS) is 24.5. The number of hydrogen-bond acceptors (Lipinski definition) is 3. The number of hydrogen-bond donors (Lipinski definition) is 3. The van der Waals surface area contributed by atoms with E-state index in [2.05, 4.69) is 5.32 Å². The third-order valence-corrected chi connectivity index (χ3v) is 3.22. The van der Waals surface area contributed by atoms with Gasteiger partial charge in [-0.1, -0.05) is 13.8 Å². The van der Waals surface area contributed by atoms with E-state index in [4.69, 9.17) is 5.11 Å². The Morgan fingerprint density at radius 1 is 1.46 bits per heavy atom. The van der Waals surface area contributed by atoms with E-state index in [0.717, 1.165) is 12.8 Å². The van der Waals surface area contributed by atoms with Crippen LogP contribution in [-0.2, 0) is 0 Å². The Bertz CT molecular complexity index is 174. The number of aliphatic hydroxyl groups excluding tert-OH is 1. The highest BCUT2D eigenvalue weighted by Crippen LogP contribution is 2.35. The van der Waals surface area contributed by atoms with Crippen LogP contribution in [0, 0.1) is 5.92 Å². The Kier molecular flexibility index (Phi) is 3.00. The third kappa shape index (κ3) is 2.66. The van der Waals surface area contributed by atoms with Crippen molar-refractivity contribution in [3.05, 3.63) is 0 Å². The molecule has 3 nitrogen and oxygen atoms in total. The molecule has 1 aliphatic carbocycles. The molecule has 0 aromatic carbocycles. The molecule has 0 radical (unpaired) electrons. The quantitative estimate of drug-likeness (QED) is 0.588. The first-order valence-electron chi connectivity index (χ1n) is 5.00. The van der Waals surface area contributed by atoms with Crippen LogP contribution in [-0.4, -0.2) is 34.5 Å². The molecule has 0 aromatic heterocycles. The molecule has 0 bridgehead atoms. The molecular weight excluding hydrogens is 166 g/mol. The van der Waals surface area contributed by atoms with Crippen molar-refractivity contribution in [1.82, 2.24) is 5.32 Å². The van der Waals surface area contributed by atoms with Crippen molar-refractivity contribution < 1.29 is 10.2 Å². The standard InChI is InChI=1S/C10H21NO2/c1-8(2)9(3,13)6-11-10(7-12)4-5-10/h8,11-13H,4-7H2,1-3H3. The van der Waals surface area contributed by atoms with E-state index in [1.54, 1.807) is 0 Å². The van der Waals surface area contributed by atoms with E-state index in [-0.39, 0.29) is 18.1 Å². The Balaban J connectivity index is 2.33. The summed E-state index contributed by atoms with van der Waals surface area (Å²) in [5.74, 6) is 0.231. The van der Waals surface area contributed by atoms with Gasteiger partial charge in [0.25, 0.3) is 0 Å². The van der Waals surface area contributed by atoms with Gasteiger partial charge in [0, 0.05) is 12.1 Å². The van der Waals surface area contributed by atoms with Crippen molar-refractivity contribution in [1.29, 1.82) is 0 Å². The van der Waals surface area contributed by atoms with Crippen molar-refractivity contribution in [2.75, 3.05) is 13.2 Å². The van der Waals surface area contributed by atoms with Crippen molar-refractivity contribution in [3.63, 3.8) is 0 Å². The van der Waals surface area contributed by atoms with Crippen LogP contribution in [0.2, 0.25) is 0 Å². The lowest BCUT2D eigenvalue weighted by Crippen LogP contribution is -2.48. The van der Waals surface area contributed by atoms with Gasteiger partial charge >= 0.3 is 0 Å². The highest BCUT2D eigenvalue weighted by atomic mass is 16.3. The van der Waals surface area contributed by atoms with Crippen molar-refractivity contribution in [2.24, 2.45) is 5.92 Å². The van der Waals surface area contributed by atoms with Crippen molar-refractivity contribution in [2.45, 2.75) is 44.8 Å².